The third kappa shape index (κ3) is 5.03. The van der Waals surface area contributed by atoms with Gasteiger partial charge in [0.05, 0.1) is 22.5 Å². The molecule has 9 nitrogen and oxygen atoms in total. The van der Waals surface area contributed by atoms with Crippen molar-refractivity contribution in [3.8, 4) is 0 Å². The molecule has 54 heavy (non-hydrogen) atoms. The Balaban J connectivity index is 1.31. The van der Waals surface area contributed by atoms with E-state index in [1.54, 1.807) is 0 Å². The highest BCUT2D eigenvalue weighted by atomic mass is 16.5. The van der Waals surface area contributed by atoms with Crippen LogP contribution in [-0.2, 0) is 9.47 Å². The first-order valence-corrected chi connectivity index (χ1v) is 19.7. The van der Waals surface area contributed by atoms with E-state index >= 15 is 0 Å². The molecule has 4 aliphatic rings. The zero-order valence-corrected chi connectivity index (χ0v) is 30.3. The second-order valence-electron chi connectivity index (χ2n) is 15.1. The predicted octanol–water partition coefficient (Wildman–Crippen LogP) is 8.69. The summed E-state index contributed by atoms with van der Waals surface area (Å²) in [7, 11) is 0. The van der Waals surface area contributed by atoms with Crippen LogP contribution in [0, 0.1) is 0 Å². The summed E-state index contributed by atoms with van der Waals surface area (Å²) in [6, 6.07) is 36.7. The molecule has 4 aromatic carbocycles. The summed E-state index contributed by atoms with van der Waals surface area (Å²) in [5, 5.41) is 8.22. The molecule has 11 rings (SSSR count). The smallest absolute Gasteiger partial charge is 0.222 e. The third-order valence-corrected chi connectivity index (χ3v) is 12.0. The van der Waals surface area contributed by atoms with E-state index in [0.717, 1.165) is 125 Å². The van der Waals surface area contributed by atoms with Crippen molar-refractivity contribution in [1.82, 2.24) is 20.2 Å². The lowest BCUT2D eigenvalue weighted by Gasteiger charge is -2.56. The maximum absolute atomic E-state index is 7.00. The molecular weight excluding hydrogens is 673 g/mol. The van der Waals surface area contributed by atoms with E-state index in [0.29, 0.717) is 13.2 Å². The molecule has 7 aromatic rings. The van der Waals surface area contributed by atoms with Crippen LogP contribution >= 0.6 is 0 Å². The SMILES string of the molecule is c1ccc2[nH]c(N3C(c4cccc5c4[nH]c4ccccc45)=C(c4cc5ccccc5o4)C(C4CCCO4)=NC3(C3CCCCO3)N3CCNCC3)cc2c1. The number of nitrogens with zero attached hydrogens (tertiary/aromatic N) is 3. The molecule has 272 valence electrons. The fourth-order valence-corrected chi connectivity index (χ4v) is 9.53. The van der Waals surface area contributed by atoms with Gasteiger partial charge < -0.3 is 29.2 Å². The highest BCUT2D eigenvalue weighted by Crippen LogP contribution is 2.51. The zero-order valence-electron chi connectivity index (χ0n) is 30.3. The van der Waals surface area contributed by atoms with E-state index in [2.05, 4.69) is 122 Å². The normalized spacial score (nSPS) is 24.4. The minimum atomic E-state index is -0.927. The highest BCUT2D eigenvalue weighted by molar-refractivity contribution is 6.35. The second-order valence-corrected chi connectivity index (χ2v) is 15.1. The number of para-hydroxylation sites is 4. The van der Waals surface area contributed by atoms with Crippen molar-refractivity contribution in [2.24, 2.45) is 4.99 Å². The summed E-state index contributed by atoms with van der Waals surface area (Å²) in [5.41, 5.74) is 8.13. The number of fused-ring (bicyclic) bond motifs is 5. The van der Waals surface area contributed by atoms with Crippen LogP contribution in [0.25, 0.3) is 54.9 Å². The third-order valence-electron chi connectivity index (χ3n) is 12.0. The fourth-order valence-electron chi connectivity index (χ4n) is 9.53. The van der Waals surface area contributed by atoms with E-state index in [1.165, 1.54) is 10.8 Å². The van der Waals surface area contributed by atoms with Crippen LogP contribution in [0.4, 0.5) is 5.82 Å². The Labute approximate surface area is 313 Å². The second kappa shape index (κ2) is 13.0. The lowest BCUT2D eigenvalue weighted by atomic mass is 9.87. The van der Waals surface area contributed by atoms with Crippen LogP contribution < -0.4 is 10.2 Å². The van der Waals surface area contributed by atoms with Crippen LogP contribution in [0.1, 0.15) is 43.4 Å². The van der Waals surface area contributed by atoms with Crippen molar-refractivity contribution in [3.63, 3.8) is 0 Å². The van der Waals surface area contributed by atoms with Crippen molar-refractivity contribution in [1.29, 1.82) is 0 Å². The van der Waals surface area contributed by atoms with Crippen LogP contribution in [0.3, 0.4) is 0 Å². The Morgan fingerprint density at radius 1 is 0.704 bits per heavy atom. The van der Waals surface area contributed by atoms with Gasteiger partial charge in [0.25, 0.3) is 0 Å². The van der Waals surface area contributed by atoms with Crippen molar-refractivity contribution in [2.75, 3.05) is 44.3 Å². The van der Waals surface area contributed by atoms with Gasteiger partial charge in [0.1, 0.15) is 29.4 Å². The van der Waals surface area contributed by atoms with Gasteiger partial charge >= 0.3 is 0 Å². The van der Waals surface area contributed by atoms with Gasteiger partial charge in [-0.1, -0.05) is 72.8 Å². The summed E-state index contributed by atoms with van der Waals surface area (Å²) in [6.45, 7) is 4.79. The first-order chi connectivity index (χ1) is 26.8. The quantitative estimate of drug-likeness (QED) is 0.160. The first kappa shape index (κ1) is 32.3. The van der Waals surface area contributed by atoms with Crippen LogP contribution in [0.2, 0.25) is 0 Å². The summed E-state index contributed by atoms with van der Waals surface area (Å²) in [6.07, 6.45) is 4.49. The molecule has 3 aromatic heterocycles. The molecule has 0 spiro atoms. The molecule has 3 unspecified atom stereocenters. The molecule has 3 N–H and O–H groups in total. The molecule has 3 atom stereocenters. The molecule has 7 heterocycles. The number of ether oxygens (including phenoxy) is 2. The average molecular weight is 717 g/mol. The standard InChI is InChI=1S/C45H44N6O3/c1-4-16-34-29(11-1)28-40(47-34)51-44(33-15-9-14-32-31-13-3-5-17-35(31)48-42(32)33)41(38-27-30-12-2-6-18-36(30)54-38)43(37-19-10-26-52-37)49-45(51,39-20-7-8-25-53-39)50-23-21-46-22-24-50/h1-6,9,11-18,27-28,37,39,46-48H,7-8,10,19-26H2. The van der Waals surface area contributed by atoms with Crippen molar-refractivity contribution in [2.45, 2.75) is 50.1 Å². The van der Waals surface area contributed by atoms with E-state index in [1.807, 2.05) is 6.07 Å². The number of nitrogens with one attached hydrogen (secondary N) is 3. The average Bonchev–Trinajstić information content (AvgIpc) is 4.06. The number of rotatable bonds is 6. The summed E-state index contributed by atoms with van der Waals surface area (Å²) in [5.74, 6) is 0.827. The molecule has 9 heteroatoms. The van der Waals surface area contributed by atoms with Gasteiger partial charge in [-0.15, -0.1) is 0 Å². The number of aromatic nitrogens is 2. The van der Waals surface area contributed by atoms with Gasteiger partial charge in [-0.05, 0) is 62.4 Å². The van der Waals surface area contributed by atoms with E-state index in [-0.39, 0.29) is 12.2 Å². The Morgan fingerprint density at radius 3 is 2.31 bits per heavy atom. The fraction of sp³-hybridized carbons (Fsp3) is 0.311. The number of hydrogen-bond acceptors (Lipinski definition) is 7. The van der Waals surface area contributed by atoms with E-state index in [9.17, 15) is 0 Å². The molecular formula is C45H44N6O3. The van der Waals surface area contributed by atoms with Gasteiger partial charge in [-0.2, -0.15) is 0 Å². The lowest BCUT2D eigenvalue weighted by molar-refractivity contribution is -0.0924. The Bertz CT molecular complexity index is 2490. The molecule has 0 amide bonds. The topological polar surface area (TPSA) is 94.0 Å². The monoisotopic (exact) mass is 716 g/mol. The number of anilines is 1. The zero-order chi connectivity index (χ0) is 35.6. The van der Waals surface area contributed by atoms with Crippen LogP contribution in [0.5, 0.6) is 0 Å². The summed E-state index contributed by atoms with van der Waals surface area (Å²) in [4.78, 5) is 19.0. The molecule has 3 saturated heterocycles. The van der Waals surface area contributed by atoms with Crippen LogP contribution in [-0.4, -0.2) is 78.0 Å². The van der Waals surface area contributed by atoms with Gasteiger partial charge in [-0.3, -0.25) is 9.80 Å². The molecule has 4 aliphatic heterocycles. The van der Waals surface area contributed by atoms with Crippen molar-refractivity contribution < 1.29 is 13.9 Å². The van der Waals surface area contributed by atoms with E-state index in [4.69, 9.17) is 18.9 Å². The Kier molecular flexibility index (Phi) is 7.76. The number of furan rings is 1. The van der Waals surface area contributed by atoms with Crippen molar-refractivity contribution >= 4 is 66.5 Å². The van der Waals surface area contributed by atoms with Crippen molar-refractivity contribution in [3.05, 3.63) is 114 Å². The number of H-pyrrole nitrogens is 2. The number of aromatic amines is 2. The molecule has 3 fully saturated rings. The maximum atomic E-state index is 7.00. The largest absolute Gasteiger partial charge is 0.456 e. The number of aliphatic imine (C=N–C) groups is 1. The lowest BCUT2D eigenvalue weighted by Crippen LogP contribution is -2.71. The highest BCUT2D eigenvalue weighted by Gasteiger charge is 2.57. The summed E-state index contributed by atoms with van der Waals surface area (Å²) >= 11 is 0. The van der Waals surface area contributed by atoms with Gasteiger partial charge in [-0.25, -0.2) is 4.99 Å². The number of hydrogen-bond donors (Lipinski definition) is 3. The molecule has 0 radical (unpaired) electrons. The van der Waals surface area contributed by atoms with E-state index < -0.39 is 5.79 Å². The molecule has 0 saturated carbocycles. The molecule has 0 aliphatic carbocycles. The van der Waals surface area contributed by atoms with Gasteiger partial charge in [0.15, 0.2) is 0 Å². The van der Waals surface area contributed by atoms with Gasteiger partial charge in [0, 0.05) is 77.5 Å². The van der Waals surface area contributed by atoms with Gasteiger partial charge in [0.2, 0.25) is 5.79 Å². The first-order valence-electron chi connectivity index (χ1n) is 19.7. The predicted molar refractivity (Wildman–Crippen MR) is 217 cm³/mol. The summed E-state index contributed by atoms with van der Waals surface area (Å²) < 4.78 is 20.6. The maximum Gasteiger partial charge on any atom is 0.222 e. The molecule has 0 bridgehead atoms. The number of piperazine rings is 1. The minimum absolute atomic E-state index is 0.194. The Morgan fingerprint density at radius 2 is 1.50 bits per heavy atom. The minimum Gasteiger partial charge on any atom is -0.456 e. The van der Waals surface area contributed by atoms with Crippen LogP contribution in [0.15, 0.2) is 113 Å². The number of benzene rings is 4. The Hall–Kier alpha value is -5.19.